The van der Waals surface area contributed by atoms with Gasteiger partial charge in [-0.15, -0.1) is 0 Å². The van der Waals surface area contributed by atoms with E-state index in [0.29, 0.717) is 10.2 Å². The maximum absolute atomic E-state index is 9.50. The Labute approximate surface area is 90.8 Å². The van der Waals surface area contributed by atoms with E-state index in [0.717, 1.165) is 5.56 Å². The first-order valence-corrected chi connectivity index (χ1v) is 4.82. The molecule has 0 heterocycles. The average Bonchev–Trinajstić information content (AvgIpc) is 2.19. The minimum absolute atomic E-state index is 0.0131. The van der Waals surface area contributed by atoms with Gasteiger partial charge in [-0.2, -0.15) is 0 Å². The zero-order valence-electron chi connectivity index (χ0n) is 7.70. The summed E-state index contributed by atoms with van der Waals surface area (Å²) >= 11 is 3.20. The lowest BCUT2D eigenvalue weighted by Crippen LogP contribution is -1.86. The minimum Gasteiger partial charge on any atom is -0.503 e. The van der Waals surface area contributed by atoms with Crippen LogP contribution in [0.5, 0.6) is 11.5 Å². The van der Waals surface area contributed by atoms with Gasteiger partial charge in [0.15, 0.2) is 11.5 Å². The van der Waals surface area contributed by atoms with E-state index in [9.17, 15) is 5.11 Å². The van der Waals surface area contributed by atoms with Gasteiger partial charge in [0.1, 0.15) is 0 Å². The summed E-state index contributed by atoms with van der Waals surface area (Å²) in [7, 11) is 1.49. The van der Waals surface area contributed by atoms with Crippen molar-refractivity contribution in [3.05, 3.63) is 28.2 Å². The zero-order valence-corrected chi connectivity index (χ0v) is 9.28. The number of ether oxygens (including phenoxy) is 1. The Hall–Kier alpha value is -1.00. The highest BCUT2D eigenvalue weighted by Crippen LogP contribution is 2.35. The van der Waals surface area contributed by atoms with Crippen LogP contribution in [-0.2, 0) is 0 Å². The number of halogens is 1. The predicted molar refractivity (Wildman–Crippen MR) is 58.5 cm³/mol. The Morgan fingerprint density at radius 1 is 1.50 bits per heavy atom. The lowest BCUT2D eigenvalue weighted by Gasteiger charge is -2.06. The van der Waals surface area contributed by atoms with Crippen molar-refractivity contribution in [2.75, 3.05) is 13.7 Å². The molecule has 2 N–H and O–H groups in total. The number of phenols is 1. The molecule has 0 bridgehead atoms. The molecule has 1 aromatic rings. The molecule has 0 fully saturated rings. The van der Waals surface area contributed by atoms with Crippen molar-refractivity contribution < 1.29 is 14.9 Å². The zero-order chi connectivity index (χ0) is 10.6. The van der Waals surface area contributed by atoms with E-state index in [4.69, 9.17) is 9.84 Å². The number of phenolic OH excluding ortho intramolecular Hbond substituents is 1. The molecule has 0 aromatic heterocycles. The molecule has 0 amide bonds. The molecule has 4 heteroatoms. The second kappa shape index (κ2) is 5.02. The molecule has 0 unspecified atom stereocenters. The highest BCUT2D eigenvalue weighted by Gasteiger charge is 2.06. The van der Waals surface area contributed by atoms with Crippen molar-refractivity contribution in [1.82, 2.24) is 0 Å². The van der Waals surface area contributed by atoms with Crippen LogP contribution in [0.4, 0.5) is 0 Å². The first-order valence-electron chi connectivity index (χ1n) is 4.03. The van der Waals surface area contributed by atoms with Gasteiger partial charge in [-0.05, 0) is 33.6 Å². The lowest BCUT2D eigenvalue weighted by molar-refractivity contribution is 0.343. The van der Waals surface area contributed by atoms with Crippen LogP contribution in [0.3, 0.4) is 0 Å². The number of aliphatic hydroxyl groups is 1. The van der Waals surface area contributed by atoms with E-state index >= 15 is 0 Å². The van der Waals surface area contributed by atoms with Crippen LogP contribution < -0.4 is 4.74 Å². The number of hydrogen-bond acceptors (Lipinski definition) is 3. The van der Waals surface area contributed by atoms with Gasteiger partial charge in [-0.3, -0.25) is 0 Å². The summed E-state index contributed by atoms with van der Waals surface area (Å²) < 4.78 is 5.53. The van der Waals surface area contributed by atoms with Gasteiger partial charge in [-0.1, -0.05) is 12.2 Å². The molecule has 0 aliphatic heterocycles. The molecule has 0 saturated carbocycles. The Morgan fingerprint density at radius 3 is 2.79 bits per heavy atom. The third-order valence-corrected chi connectivity index (χ3v) is 2.29. The molecule has 1 aromatic carbocycles. The summed E-state index contributed by atoms with van der Waals surface area (Å²) in [5.74, 6) is 0.477. The Kier molecular flexibility index (Phi) is 3.98. The monoisotopic (exact) mass is 258 g/mol. The number of benzene rings is 1. The number of aliphatic hydroxyl groups excluding tert-OH is 1. The molecular formula is C10H11BrO3. The van der Waals surface area contributed by atoms with E-state index in [1.165, 1.54) is 7.11 Å². The summed E-state index contributed by atoms with van der Waals surface area (Å²) in [5.41, 5.74) is 0.848. The SMILES string of the molecule is COc1cc(C=CCO)cc(Br)c1O. The molecule has 1 rings (SSSR count). The highest BCUT2D eigenvalue weighted by atomic mass is 79.9. The summed E-state index contributed by atoms with van der Waals surface area (Å²) in [5, 5.41) is 18.1. The van der Waals surface area contributed by atoms with Gasteiger partial charge in [0.2, 0.25) is 0 Å². The van der Waals surface area contributed by atoms with Crippen LogP contribution in [0, 0.1) is 0 Å². The van der Waals surface area contributed by atoms with E-state index in [-0.39, 0.29) is 12.4 Å². The van der Waals surface area contributed by atoms with Crippen LogP contribution in [0.2, 0.25) is 0 Å². The van der Waals surface area contributed by atoms with Gasteiger partial charge < -0.3 is 14.9 Å². The normalized spacial score (nSPS) is 10.8. The van der Waals surface area contributed by atoms with E-state index < -0.39 is 0 Å². The molecule has 0 spiro atoms. The van der Waals surface area contributed by atoms with Crippen molar-refractivity contribution in [2.45, 2.75) is 0 Å². The second-order valence-corrected chi connectivity index (χ2v) is 3.49. The van der Waals surface area contributed by atoms with Crippen molar-refractivity contribution in [2.24, 2.45) is 0 Å². The van der Waals surface area contributed by atoms with Crippen LogP contribution >= 0.6 is 15.9 Å². The number of aromatic hydroxyl groups is 1. The molecule has 14 heavy (non-hydrogen) atoms. The first-order chi connectivity index (χ1) is 6.69. The molecule has 3 nitrogen and oxygen atoms in total. The fraction of sp³-hybridized carbons (Fsp3) is 0.200. The largest absolute Gasteiger partial charge is 0.503 e. The van der Waals surface area contributed by atoms with Crippen LogP contribution in [0.25, 0.3) is 6.08 Å². The van der Waals surface area contributed by atoms with Gasteiger partial charge >= 0.3 is 0 Å². The van der Waals surface area contributed by atoms with E-state index in [1.807, 2.05) is 0 Å². The molecule has 0 saturated heterocycles. The predicted octanol–water partition coefficient (Wildman–Crippen LogP) is 2.17. The topological polar surface area (TPSA) is 49.7 Å². The van der Waals surface area contributed by atoms with Crippen molar-refractivity contribution in [3.8, 4) is 11.5 Å². The molecule has 0 radical (unpaired) electrons. The van der Waals surface area contributed by atoms with Gasteiger partial charge in [-0.25, -0.2) is 0 Å². The van der Waals surface area contributed by atoms with Gasteiger partial charge in [0.25, 0.3) is 0 Å². The van der Waals surface area contributed by atoms with Crippen molar-refractivity contribution in [3.63, 3.8) is 0 Å². The first kappa shape index (κ1) is 11.1. The Morgan fingerprint density at radius 2 is 2.21 bits per heavy atom. The second-order valence-electron chi connectivity index (χ2n) is 2.64. The fourth-order valence-electron chi connectivity index (χ4n) is 1.03. The van der Waals surface area contributed by atoms with E-state index in [1.54, 1.807) is 24.3 Å². The van der Waals surface area contributed by atoms with Gasteiger partial charge in [0.05, 0.1) is 18.2 Å². The Bertz CT molecular complexity index is 347. The Balaban J connectivity index is 3.09. The summed E-state index contributed by atoms with van der Waals surface area (Å²) in [4.78, 5) is 0. The van der Waals surface area contributed by atoms with Crippen LogP contribution in [0.15, 0.2) is 22.7 Å². The molecule has 0 atom stereocenters. The van der Waals surface area contributed by atoms with Crippen molar-refractivity contribution >= 4 is 22.0 Å². The highest BCUT2D eigenvalue weighted by molar-refractivity contribution is 9.10. The maximum Gasteiger partial charge on any atom is 0.172 e. The smallest absolute Gasteiger partial charge is 0.172 e. The minimum atomic E-state index is -0.0131. The molecule has 76 valence electrons. The molecular weight excluding hydrogens is 248 g/mol. The van der Waals surface area contributed by atoms with Crippen molar-refractivity contribution in [1.29, 1.82) is 0 Å². The third-order valence-electron chi connectivity index (χ3n) is 1.69. The molecule has 0 aliphatic carbocycles. The maximum atomic E-state index is 9.50. The van der Waals surface area contributed by atoms with Crippen LogP contribution in [0.1, 0.15) is 5.56 Å². The lowest BCUT2D eigenvalue weighted by atomic mass is 10.2. The van der Waals surface area contributed by atoms with E-state index in [2.05, 4.69) is 15.9 Å². The summed E-state index contributed by atoms with van der Waals surface area (Å²) in [6, 6.07) is 3.43. The number of hydrogen-bond donors (Lipinski definition) is 2. The average molecular weight is 259 g/mol. The quantitative estimate of drug-likeness (QED) is 0.874. The standard InChI is InChI=1S/C10H11BrO3/c1-14-9-6-7(3-2-4-12)5-8(11)10(9)13/h2-3,5-6,12-13H,4H2,1H3. The third kappa shape index (κ3) is 2.49. The summed E-state index contributed by atoms with van der Waals surface area (Å²) in [6.45, 7) is -0.0131. The fourth-order valence-corrected chi connectivity index (χ4v) is 1.49. The number of methoxy groups -OCH3 is 1. The number of rotatable bonds is 3. The van der Waals surface area contributed by atoms with Crippen LogP contribution in [-0.4, -0.2) is 23.9 Å². The molecule has 0 aliphatic rings. The summed E-state index contributed by atoms with van der Waals surface area (Å²) in [6.07, 6.45) is 3.35. The van der Waals surface area contributed by atoms with Gasteiger partial charge in [0, 0.05) is 0 Å².